The summed E-state index contributed by atoms with van der Waals surface area (Å²) in [5, 5.41) is 26.0. The molecule has 2 N–H and O–H groups in total. The Morgan fingerprint density at radius 3 is 2.31 bits per heavy atom. The fourth-order valence-corrected chi connectivity index (χ4v) is 10.4. The summed E-state index contributed by atoms with van der Waals surface area (Å²) in [6.45, 7) is 5.85. The number of nitrogens with zero attached hydrogens (tertiary/aromatic N) is 8. The van der Waals surface area contributed by atoms with Crippen LogP contribution in [0.2, 0.25) is 0 Å². The van der Waals surface area contributed by atoms with Crippen LogP contribution in [0.25, 0.3) is 11.3 Å². The van der Waals surface area contributed by atoms with E-state index in [2.05, 4.69) is 47.4 Å². The van der Waals surface area contributed by atoms with Gasteiger partial charge in [-0.3, -0.25) is 29.3 Å². The number of carbonyl (C=O) groups is 3. The van der Waals surface area contributed by atoms with Gasteiger partial charge in [0.25, 0.3) is 0 Å². The average Bonchev–Trinajstić information content (AvgIpc) is 3.90. The zero-order chi connectivity index (χ0) is 40.7. The lowest BCUT2D eigenvalue weighted by Crippen LogP contribution is -2.56. The molecule has 14 heteroatoms. The molecule has 2 atom stereocenters. The highest BCUT2D eigenvalue weighted by atomic mass is 16.5. The van der Waals surface area contributed by atoms with Crippen molar-refractivity contribution in [3.63, 3.8) is 0 Å². The molecule has 7 heterocycles. The van der Waals surface area contributed by atoms with Gasteiger partial charge in [0.15, 0.2) is 0 Å². The highest BCUT2D eigenvalue weighted by Gasteiger charge is 2.48. The maximum absolute atomic E-state index is 14.8. The second kappa shape index (κ2) is 16.0. The van der Waals surface area contributed by atoms with E-state index in [9.17, 15) is 19.5 Å². The van der Waals surface area contributed by atoms with Crippen molar-refractivity contribution in [3.8, 4) is 17.0 Å². The Morgan fingerprint density at radius 1 is 0.898 bits per heavy atom. The molecule has 2 aromatic carbocycles. The van der Waals surface area contributed by atoms with Gasteiger partial charge in [0.1, 0.15) is 5.75 Å². The van der Waals surface area contributed by atoms with E-state index < -0.39 is 5.41 Å². The minimum absolute atomic E-state index is 0.0976. The van der Waals surface area contributed by atoms with Crippen molar-refractivity contribution in [2.24, 2.45) is 7.05 Å². The van der Waals surface area contributed by atoms with Gasteiger partial charge in [-0.2, -0.15) is 15.3 Å². The Balaban J connectivity index is 0.788. The first-order valence-corrected chi connectivity index (χ1v) is 21.3. The number of anilines is 2. The number of aromatic hydroxyl groups is 1. The van der Waals surface area contributed by atoms with Gasteiger partial charge in [-0.15, -0.1) is 0 Å². The number of carbonyl (C=O) groups excluding carboxylic acids is 3. The van der Waals surface area contributed by atoms with E-state index in [1.807, 2.05) is 61.7 Å². The fourth-order valence-electron chi connectivity index (χ4n) is 10.4. The predicted octanol–water partition coefficient (Wildman–Crippen LogP) is 4.39. The number of nitrogens with one attached hydrogen (secondary N) is 1. The fraction of sp³-hybridized carbons (Fsp3) is 0.511. The van der Waals surface area contributed by atoms with Crippen LogP contribution < -0.4 is 15.1 Å². The number of imide groups is 1. The van der Waals surface area contributed by atoms with Crippen molar-refractivity contribution in [2.45, 2.75) is 86.8 Å². The second-order valence-corrected chi connectivity index (χ2v) is 17.4. The Kier molecular flexibility index (Phi) is 10.6. The van der Waals surface area contributed by atoms with E-state index in [0.717, 1.165) is 87.4 Å². The predicted molar refractivity (Wildman–Crippen MR) is 223 cm³/mol. The number of amides is 3. The lowest BCUT2D eigenvalue weighted by molar-refractivity contribution is -0.140. The number of phenolic OH excluding ortho intramolecular Hbond substituents is 1. The van der Waals surface area contributed by atoms with Gasteiger partial charge >= 0.3 is 0 Å². The van der Waals surface area contributed by atoms with Crippen LogP contribution in [0.15, 0.2) is 73.2 Å². The standard InChI is InChI=1S/C45H55N9O5/c1-50-29-32(27-47-50)45(17-23-54(24-18-45)35-25-39(49-46-28-35)38-5-3-4-6-40(38)55)43(58)51(2)33-13-19-52(20-14-33)36-26-44(59-30-36)15-21-53(22-16-44)34-9-7-31(8-10-34)37-11-12-41(56)48-42(37)57/h3-10,25,27-29,33,36-37,55H,11-24,26,30H2,1-2H3,(H,48,56,57)/t36-,37+/m0/s1. The van der Waals surface area contributed by atoms with Crippen molar-refractivity contribution in [3.05, 3.63) is 84.3 Å². The Morgan fingerprint density at radius 2 is 1.61 bits per heavy atom. The normalized spacial score (nSPS) is 23.7. The summed E-state index contributed by atoms with van der Waals surface area (Å²) in [5.74, 6) is -0.312. The Bertz CT molecular complexity index is 2170. The van der Waals surface area contributed by atoms with Crippen molar-refractivity contribution in [2.75, 3.05) is 62.7 Å². The molecule has 1 spiro atoms. The molecule has 5 aliphatic rings. The van der Waals surface area contributed by atoms with Gasteiger partial charge in [0.05, 0.1) is 47.3 Å². The number of aromatic nitrogens is 4. The number of piperidine rings is 4. The molecule has 3 amide bonds. The number of ether oxygens (including phenoxy) is 1. The van der Waals surface area contributed by atoms with E-state index in [0.29, 0.717) is 56.1 Å². The molecule has 5 aliphatic heterocycles. The number of benzene rings is 2. The molecule has 0 unspecified atom stereocenters. The monoisotopic (exact) mass is 801 g/mol. The Hall–Kier alpha value is -5.34. The summed E-state index contributed by atoms with van der Waals surface area (Å²) in [5.41, 5.74) is 4.50. The molecule has 14 nitrogen and oxygen atoms in total. The van der Waals surface area contributed by atoms with Gasteiger partial charge in [-0.25, -0.2) is 0 Å². The van der Waals surface area contributed by atoms with Crippen LogP contribution in [0, 0.1) is 0 Å². The first-order chi connectivity index (χ1) is 28.6. The number of aryl methyl sites for hydroxylation is 1. The third kappa shape index (κ3) is 7.68. The average molecular weight is 802 g/mol. The molecule has 0 aliphatic carbocycles. The molecule has 5 saturated heterocycles. The second-order valence-electron chi connectivity index (χ2n) is 17.4. The smallest absolute Gasteiger partial charge is 0.234 e. The van der Waals surface area contributed by atoms with E-state index >= 15 is 0 Å². The first kappa shape index (κ1) is 39.1. The third-order valence-electron chi connectivity index (χ3n) is 14.1. The lowest BCUT2D eigenvalue weighted by Gasteiger charge is -2.46. The van der Waals surface area contributed by atoms with Crippen LogP contribution in [0.3, 0.4) is 0 Å². The van der Waals surface area contributed by atoms with Gasteiger partial charge in [-0.1, -0.05) is 24.3 Å². The summed E-state index contributed by atoms with van der Waals surface area (Å²) < 4.78 is 8.44. The number of rotatable bonds is 8. The number of likely N-dealkylation sites (N-methyl/N-ethyl adjacent to an activating group) is 1. The summed E-state index contributed by atoms with van der Waals surface area (Å²) in [4.78, 5) is 48.1. The van der Waals surface area contributed by atoms with E-state index in [4.69, 9.17) is 4.74 Å². The lowest BCUT2D eigenvalue weighted by atomic mass is 9.72. The minimum Gasteiger partial charge on any atom is -0.507 e. The third-order valence-corrected chi connectivity index (χ3v) is 14.1. The van der Waals surface area contributed by atoms with E-state index in [-0.39, 0.29) is 41.0 Å². The molecular weight excluding hydrogens is 747 g/mol. The largest absolute Gasteiger partial charge is 0.507 e. The molecule has 59 heavy (non-hydrogen) atoms. The van der Waals surface area contributed by atoms with Gasteiger partial charge in [0, 0.05) is 94.9 Å². The van der Waals surface area contributed by atoms with Crippen LogP contribution in [0.1, 0.15) is 74.8 Å². The molecule has 310 valence electrons. The molecular formula is C45H55N9O5. The number of hydrogen-bond acceptors (Lipinski definition) is 11. The highest BCUT2D eigenvalue weighted by molar-refractivity contribution is 6.01. The number of phenols is 1. The SMILES string of the molecule is CN(C(=O)C1(c2cnn(C)c2)CCN(c2cnnc(-c3ccccc3O)c2)CC1)C1CCN([C@@H]2COC3(CCN(c4ccc([C@H]5CCC(=O)NC5=O)cc4)CC3)C2)CC1. The Labute approximate surface area is 345 Å². The molecule has 2 aromatic heterocycles. The summed E-state index contributed by atoms with van der Waals surface area (Å²) >= 11 is 0. The van der Waals surface area contributed by atoms with Crippen molar-refractivity contribution >= 4 is 29.1 Å². The van der Waals surface area contributed by atoms with Gasteiger partial charge in [0.2, 0.25) is 17.7 Å². The molecule has 0 radical (unpaired) electrons. The molecule has 0 bridgehead atoms. The van der Waals surface area contributed by atoms with E-state index in [1.54, 1.807) is 23.0 Å². The van der Waals surface area contributed by atoms with Crippen molar-refractivity contribution in [1.29, 1.82) is 0 Å². The zero-order valence-electron chi connectivity index (χ0n) is 34.1. The maximum atomic E-state index is 14.8. The van der Waals surface area contributed by atoms with Crippen LogP contribution in [0.5, 0.6) is 5.75 Å². The van der Waals surface area contributed by atoms with Crippen LogP contribution in [-0.4, -0.2) is 123 Å². The number of hydrogen-bond donors (Lipinski definition) is 2. The molecule has 4 aromatic rings. The molecule has 9 rings (SSSR count). The van der Waals surface area contributed by atoms with Crippen molar-refractivity contribution in [1.82, 2.24) is 35.1 Å². The number of likely N-dealkylation sites (tertiary alicyclic amines) is 1. The molecule has 5 fully saturated rings. The highest BCUT2D eigenvalue weighted by Crippen LogP contribution is 2.42. The first-order valence-electron chi connectivity index (χ1n) is 21.3. The van der Waals surface area contributed by atoms with Gasteiger partial charge < -0.3 is 24.5 Å². The van der Waals surface area contributed by atoms with Crippen LogP contribution in [-0.2, 0) is 31.6 Å². The van der Waals surface area contributed by atoms with Gasteiger partial charge in [-0.05, 0) is 87.3 Å². The zero-order valence-corrected chi connectivity index (χ0v) is 34.1. The minimum atomic E-state index is -0.673. The summed E-state index contributed by atoms with van der Waals surface area (Å²) in [6.07, 6.45) is 12.8. The topological polar surface area (TPSA) is 149 Å². The quantitative estimate of drug-likeness (QED) is 0.245. The van der Waals surface area contributed by atoms with Crippen molar-refractivity contribution < 1.29 is 24.2 Å². The maximum Gasteiger partial charge on any atom is 0.234 e. The summed E-state index contributed by atoms with van der Waals surface area (Å²) in [7, 11) is 3.91. The molecule has 0 saturated carbocycles. The van der Waals surface area contributed by atoms with Crippen LogP contribution in [0.4, 0.5) is 11.4 Å². The van der Waals surface area contributed by atoms with E-state index in [1.165, 1.54) is 0 Å². The van der Waals surface area contributed by atoms with Crippen LogP contribution >= 0.6 is 0 Å². The summed E-state index contributed by atoms with van der Waals surface area (Å²) in [6, 6.07) is 18.0. The number of para-hydroxylation sites is 1.